The Balaban J connectivity index is 1.73. The molecule has 0 aromatic heterocycles. The minimum Gasteiger partial charge on any atom is -0.345 e. The number of nitrogens with zero attached hydrogens (tertiary/aromatic N) is 2. The Hall–Kier alpha value is -1.47. The Bertz CT molecular complexity index is 712. The lowest BCUT2D eigenvalue weighted by molar-refractivity contribution is -0.136. The van der Waals surface area contributed by atoms with Gasteiger partial charge in [0.15, 0.2) is 0 Å². The number of amides is 1. The molecule has 1 aromatic rings. The quantitative estimate of drug-likeness (QED) is 0.825. The summed E-state index contributed by atoms with van der Waals surface area (Å²) in [7, 11) is -1.85. The maximum atomic E-state index is 13.3. The third-order valence-electron chi connectivity index (χ3n) is 5.08. The largest absolute Gasteiger partial charge is 0.345 e. The number of halogens is 1. The van der Waals surface area contributed by atoms with Crippen LogP contribution in [0, 0.1) is 11.2 Å². The fourth-order valence-corrected chi connectivity index (χ4v) is 5.09. The summed E-state index contributed by atoms with van der Waals surface area (Å²) in [5, 5.41) is 0. The molecule has 0 atom stereocenters. The summed E-state index contributed by atoms with van der Waals surface area (Å²) >= 11 is 0. The number of sulfonamides is 1. The third kappa shape index (κ3) is 3.12. The zero-order valence-electron chi connectivity index (χ0n) is 13.2. The Labute approximate surface area is 136 Å². The third-order valence-corrected chi connectivity index (χ3v) is 6.98. The minimum absolute atomic E-state index is 0.00406. The van der Waals surface area contributed by atoms with Crippen molar-refractivity contribution in [1.82, 2.24) is 9.21 Å². The standard InChI is InChI=1S/C16H21FN2O3S/c1-18-12-16(6-5-15(18)20)7-9-19(10-8-16)23(21,22)14-4-2-3-13(17)11-14/h2-4,11H,5-10,12H2,1H3. The van der Waals surface area contributed by atoms with Gasteiger partial charge in [0.2, 0.25) is 15.9 Å². The van der Waals surface area contributed by atoms with Crippen molar-refractivity contribution in [3.63, 3.8) is 0 Å². The molecule has 5 nitrogen and oxygen atoms in total. The first-order valence-electron chi connectivity index (χ1n) is 7.82. The van der Waals surface area contributed by atoms with E-state index in [1.165, 1.54) is 22.5 Å². The van der Waals surface area contributed by atoms with E-state index in [4.69, 9.17) is 0 Å². The van der Waals surface area contributed by atoms with Crippen molar-refractivity contribution in [1.29, 1.82) is 0 Å². The van der Waals surface area contributed by atoms with Gasteiger partial charge in [-0.2, -0.15) is 4.31 Å². The van der Waals surface area contributed by atoms with Gasteiger partial charge in [-0.25, -0.2) is 12.8 Å². The van der Waals surface area contributed by atoms with Crippen LogP contribution in [0.2, 0.25) is 0 Å². The average Bonchev–Trinajstić information content (AvgIpc) is 2.52. The van der Waals surface area contributed by atoms with Crippen molar-refractivity contribution < 1.29 is 17.6 Å². The number of piperidine rings is 2. The number of likely N-dealkylation sites (tertiary alicyclic amines) is 1. The minimum atomic E-state index is -3.65. The van der Waals surface area contributed by atoms with Gasteiger partial charge in [0.05, 0.1) is 4.90 Å². The van der Waals surface area contributed by atoms with Gasteiger partial charge < -0.3 is 4.90 Å². The Morgan fingerprint density at radius 3 is 2.48 bits per heavy atom. The van der Waals surface area contributed by atoms with Crippen molar-refractivity contribution in [2.45, 2.75) is 30.6 Å². The molecular formula is C16H21FN2O3S. The van der Waals surface area contributed by atoms with Gasteiger partial charge in [-0.3, -0.25) is 4.79 Å². The van der Waals surface area contributed by atoms with E-state index in [0.717, 1.165) is 25.3 Å². The molecule has 0 radical (unpaired) electrons. The molecule has 126 valence electrons. The van der Waals surface area contributed by atoms with E-state index in [9.17, 15) is 17.6 Å². The first-order valence-corrected chi connectivity index (χ1v) is 9.26. The van der Waals surface area contributed by atoms with Crippen LogP contribution in [-0.2, 0) is 14.8 Å². The second kappa shape index (κ2) is 5.87. The molecule has 7 heteroatoms. The summed E-state index contributed by atoms with van der Waals surface area (Å²) in [4.78, 5) is 13.4. The topological polar surface area (TPSA) is 57.7 Å². The summed E-state index contributed by atoms with van der Waals surface area (Å²) in [5.74, 6) is -0.391. The van der Waals surface area contributed by atoms with Crippen molar-refractivity contribution in [3.05, 3.63) is 30.1 Å². The van der Waals surface area contributed by atoms with E-state index in [1.54, 1.807) is 11.9 Å². The monoisotopic (exact) mass is 340 g/mol. The first kappa shape index (κ1) is 16.4. The lowest BCUT2D eigenvalue weighted by Crippen LogP contribution is -2.51. The lowest BCUT2D eigenvalue weighted by atomic mass is 9.73. The predicted molar refractivity (Wildman–Crippen MR) is 83.7 cm³/mol. The average molecular weight is 340 g/mol. The van der Waals surface area contributed by atoms with Gasteiger partial charge in [-0.1, -0.05) is 6.07 Å². The second-order valence-electron chi connectivity index (χ2n) is 6.61. The Morgan fingerprint density at radius 2 is 1.87 bits per heavy atom. The molecule has 0 aliphatic carbocycles. The molecule has 2 saturated heterocycles. The fourth-order valence-electron chi connectivity index (χ4n) is 3.62. The zero-order valence-corrected chi connectivity index (χ0v) is 14.0. The number of hydrogen-bond acceptors (Lipinski definition) is 3. The molecule has 2 aliphatic rings. The smallest absolute Gasteiger partial charge is 0.243 e. The molecule has 23 heavy (non-hydrogen) atoms. The van der Waals surface area contributed by atoms with Crippen LogP contribution in [0.4, 0.5) is 4.39 Å². The van der Waals surface area contributed by atoms with Crippen LogP contribution in [0.5, 0.6) is 0 Å². The molecule has 0 unspecified atom stereocenters. The van der Waals surface area contributed by atoms with Gasteiger partial charge >= 0.3 is 0 Å². The highest BCUT2D eigenvalue weighted by Gasteiger charge is 2.42. The van der Waals surface area contributed by atoms with Crippen molar-refractivity contribution in [2.75, 3.05) is 26.7 Å². The summed E-state index contributed by atoms with van der Waals surface area (Å²) in [6.45, 7) is 1.53. The molecule has 0 saturated carbocycles. The van der Waals surface area contributed by atoms with Gasteiger partial charge in [0.25, 0.3) is 0 Å². The number of rotatable bonds is 2. The van der Waals surface area contributed by atoms with Gasteiger partial charge in [0, 0.05) is 33.1 Å². The van der Waals surface area contributed by atoms with Crippen LogP contribution in [0.1, 0.15) is 25.7 Å². The number of carbonyl (C=O) groups is 1. The molecule has 0 N–H and O–H groups in total. The van der Waals surface area contributed by atoms with Crippen LogP contribution in [0.25, 0.3) is 0 Å². The summed E-state index contributed by atoms with van der Waals surface area (Å²) in [6.07, 6.45) is 2.83. The maximum absolute atomic E-state index is 13.3. The molecule has 1 spiro atoms. The lowest BCUT2D eigenvalue weighted by Gasteiger charge is -2.46. The Kier molecular flexibility index (Phi) is 4.18. The van der Waals surface area contributed by atoms with Crippen molar-refractivity contribution in [3.8, 4) is 0 Å². The first-order chi connectivity index (χ1) is 10.8. The van der Waals surface area contributed by atoms with Crippen LogP contribution in [0.15, 0.2) is 29.2 Å². The van der Waals surface area contributed by atoms with E-state index in [2.05, 4.69) is 0 Å². The summed E-state index contributed by atoms with van der Waals surface area (Å²) < 4.78 is 40.0. The number of carbonyl (C=O) groups excluding carboxylic acids is 1. The highest BCUT2D eigenvalue weighted by molar-refractivity contribution is 7.89. The molecular weight excluding hydrogens is 319 g/mol. The normalized spacial score (nSPS) is 22.5. The predicted octanol–water partition coefficient (Wildman–Crippen LogP) is 1.85. The van der Waals surface area contributed by atoms with Crippen LogP contribution < -0.4 is 0 Å². The molecule has 0 bridgehead atoms. The van der Waals surface area contributed by atoms with Crippen LogP contribution >= 0.6 is 0 Å². The van der Waals surface area contributed by atoms with Gasteiger partial charge in [0.1, 0.15) is 5.82 Å². The van der Waals surface area contributed by atoms with E-state index >= 15 is 0 Å². The van der Waals surface area contributed by atoms with Crippen LogP contribution in [0.3, 0.4) is 0 Å². The van der Waals surface area contributed by atoms with Crippen molar-refractivity contribution in [2.24, 2.45) is 5.41 Å². The number of hydrogen-bond donors (Lipinski definition) is 0. The van der Waals surface area contributed by atoms with Gasteiger partial charge in [-0.15, -0.1) is 0 Å². The molecule has 2 aliphatic heterocycles. The molecule has 2 fully saturated rings. The van der Waals surface area contributed by atoms with E-state index < -0.39 is 15.8 Å². The molecule has 1 aromatic carbocycles. The van der Waals surface area contributed by atoms with E-state index in [1.807, 2.05) is 0 Å². The Morgan fingerprint density at radius 1 is 1.17 bits per heavy atom. The van der Waals surface area contributed by atoms with Crippen LogP contribution in [-0.4, -0.2) is 50.2 Å². The highest BCUT2D eigenvalue weighted by atomic mass is 32.2. The molecule has 3 rings (SSSR count). The second-order valence-corrected chi connectivity index (χ2v) is 8.55. The molecule has 2 heterocycles. The molecule has 1 amide bonds. The summed E-state index contributed by atoms with van der Waals surface area (Å²) in [5.41, 5.74) is 0.0244. The van der Waals surface area contributed by atoms with E-state index in [0.29, 0.717) is 26.1 Å². The summed E-state index contributed by atoms with van der Waals surface area (Å²) in [6, 6.07) is 5.14. The maximum Gasteiger partial charge on any atom is 0.243 e. The SMILES string of the molecule is CN1CC2(CCC1=O)CCN(S(=O)(=O)c1cccc(F)c1)CC2. The zero-order chi connectivity index (χ0) is 16.7. The highest BCUT2D eigenvalue weighted by Crippen LogP contribution is 2.40. The fraction of sp³-hybridized carbons (Fsp3) is 0.562. The number of benzene rings is 1. The van der Waals surface area contributed by atoms with E-state index in [-0.39, 0.29) is 16.2 Å². The van der Waals surface area contributed by atoms with Crippen molar-refractivity contribution >= 4 is 15.9 Å². The van der Waals surface area contributed by atoms with Gasteiger partial charge in [-0.05, 0) is 42.9 Å².